The van der Waals surface area contributed by atoms with Crippen LogP contribution in [0.5, 0.6) is 5.75 Å². The van der Waals surface area contributed by atoms with Gasteiger partial charge in [0, 0.05) is 0 Å². The van der Waals surface area contributed by atoms with Crippen molar-refractivity contribution in [2.24, 2.45) is 0 Å². The Kier molecular flexibility index (Phi) is 4.56. The van der Waals surface area contributed by atoms with Gasteiger partial charge in [0.1, 0.15) is 5.75 Å². The Bertz CT molecular complexity index is 840. The van der Waals surface area contributed by atoms with Gasteiger partial charge in [0.25, 0.3) is 5.89 Å². The number of aromatic nitrogens is 2. The molecule has 0 aliphatic carbocycles. The molecule has 0 saturated heterocycles. The van der Waals surface area contributed by atoms with E-state index in [0.717, 1.165) is 5.56 Å². The van der Waals surface area contributed by atoms with E-state index in [1.807, 2.05) is 43.3 Å². The molecule has 1 heterocycles. The van der Waals surface area contributed by atoms with Crippen LogP contribution in [0.1, 0.15) is 21.8 Å². The molecule has 1 aromatic heterocycles. The summed E-state index contributed by atoms with van der Waals surface area (Å²) in [6.07, 6.45) is 0. The average Bonchev–Trinajstić information content (AvgIpc) is 3.09. The molecule has 6 heteroatoms. The van der Waals surface area contributed by atoms with Gasteiger partial charge >= 0.3 is 5.97 Å². The maximum absolute atomic E-state index is 12.0. The fourth-order valence-electron chi connectivity index (χ4n) is 2.15. The number of rotatable bonds is 5. The van der Waals surface area contributed by atoms with Gasteiger partial charge in [-0.15, -0.1) is 0 Å². The van der Waals surface area contributed by atoms with E-state index in [1.165, 1.54) is 0 Å². The topological polar surface area (TPSA) is 74.5 Å². The fourth-order valence-corrected chi connectivity index (χ4v) is 2.15. The Labute approximate surface area is 139 Å². The number of ether oxygens (including phenoxy) is 2. The van der Waals surface area contributed by atoms with E-state index in [9.17, 15) is 4.79 Å². The molecule has 0 amide bonds. The molecule has 6 nitrogen and oxygen atoms in total. The minimum Gasteiger partial charge on any atom is -0.496 e. The van der Waals surface area contributed by atoms with Gasteiger partial charge in [0.05, 0.1) is 18.2 Å². The molecule has 0 atom stereocenters. The summed E-state index contributed by atoms with van der Waals surface area (Å²) in [6, 6.07) is 14.5. The lowest BCUT2D eigenvalue weighted by atomic mass is 10.1. The summed E-state index contributed by atoms with van der Waals surface area (Å²) >= 11 is 0. The molecule has 24 heavy (non-hydrogen) atoms. The molecule has 0 aliphatic rings. The lowest BCUT2D eigenvalue weighted by Gasteiger charge is -2.03. The van der Waals surface area contributed by atoms with Crippen LogP contribution in [0.3, 0.4) is 0 Å². The first kappa shape index (κ1) is 15.7. The predicted molar refractivity (Wildman–Crippen MR) is 86.6 cm³/mol. The number of carbonyl (C=O) groups is 1. The first-order valence-electron chi connectivity index (χ1n) is 7.37. The quantitative estimate of drug-likeness (QED) is 0.670. The number of para-hydroxylation sites is 1. The second-order valence-corrected chi connectivity index (χ2v) is 5.15. The van der Waals surface area contributed by atoms with Gasteiger partial charge in [-0.1, -0.05) is 35.0 Å². The van der Waals surface area contributed by atoms with Crippen molar-refractivity contribution in [3.63, 3.8) is 0 Å². The molecule has 2 aromatic carbocycles. The van der Waals surface area contributed by atoms with Crippen LogP contribution in [0.4, 0.5) is 0 Å². The van der Waals surface area contributed by atoms with Gasteiger partial charge in [-0.3, -0.25) is 0 Å². The molecule has 0 N–H and O–H groups in total. The highest BCUT2D eigenvalue weighted by Gasteiger charge is 2.14. The molecule has 122 valence electrons. The first-order chi connectivity index (χ1) is 11.7. The molecule has 0 radical (unpaired) electrons. The van der Waals surface area contributed by atoms with Crippen LogP contribution < -0.4 is 4.74 Å². The summed E-state index contributed by atoms with van der Waals surface area (Å²) in [5.41, 5.74) is 2.26. The fraction of sp³-hybridized carbons (Fsp3) is 0.167. The van der Waals surface area contributed by atoms with Crippen molar-refractivity contribution in [3.8, 4) is 17.1 Å². The molecule has 0 spiro atoms. The van der Waals surface area contributed by atoms with Crippen LogP contribution in [0.25, 0.3) is 11.4 Å². The summed E-state index contributed by atoms with van der Waals surface area (Å²) in [4.78, 5) is 16.2. The van der Waals surface area contributed by atoms with Crippen molar-refractivity contribution >= 4 is 5.97 Å². The zero-order valence-electron chi connectivity index (χ0n) is 13.4. The standard InChI is InChI=1S/C18H16N2O4/c1-12-7-9-13(10-8-12)18(21)23-11-16-19-17(20-24-16)14-5-3-4-6-15(14)22-2/h3-10H,11H2,1-2H3. The average molecular weight is 324 g/mol. The van der Waals surface area contributed by atoms with Crippen molar-refractivity contribution in [3.05, 3.63) is 65.5 Å². The number of nitrogens with zero attached hydrogens (tertiary/aromatic N) is 2. The van der Waals surface area contributed by atoms with E-state index in [4.69, 9.17) is 14.0 Å². The molecule has 3 aromatic rings. The van der Waals surface area contributed by atoms with Crippen LogP contribution in [-0.2, 0) is 11.3 Å². The molecule has 0 bridgehead atoms. The van der Waals surface area contributed by atoms with Gasteiger partial charge in [-0.2, -0.15) is 4.98 Å². The summed E-state index contributed by atoms with van der Waals surface area (Å²) in [5, 5.41) is 3.90. The number of benzene rings is 2. The van der Waals surface area contributed by atoms with E-state index in [2.05, 4.69) is 10.1 Å². The number of aryl methyl sites for hydroxylation is 1. The second kappa shape index (κ2) is 6.95. The van der Waals surface area contributed by atoms with Gasteiger partial charge in [-0.25, -0.2) is 4.79 Å². The predicted octanol–water partition coefficient (Wildman–Crippen LogP) is 3.41. The monoisotopic (exact) mass is 324 g/mol. The molecule has 0 saturated carbocycles. The minimum absolute atomic E-state index is 0.0884. The number of esters is 1. The van der Waals surface area contributed by atoms with Crippen LogP contribution in [0, 0.1) is 6.92 Å². The van der Waals surface area contributed by atoms with E-state index in [-0.39, 0.29) is 12.5 Å². The van der Waals surface area contributed by atoms with Crippen LogP contribution >= 0.6 is 0 Å². The van der Waals surface area contributed by atoms with E-state index in [0.29, 0.717) is 22.7 Å². The zero-order chi connectivity index (χ0) is 16.9. The highest BCUT2D eigenvalue weighted by atomic mass is 16.6. The molecular weight excluding hydrogens is 308 g/mol. The highest BCUT2D eigenvalue weighted by Crippen LogP contribution is 2.27. The minimum atomic E-state index is -0.438. The molecule has 0 aliphatic heterocycles. The van der Waals surface area contributed by atoms with Gasteiger partial charge in [0.2, 0.25) is 5.82 Å². The van der Waals surface area contributed by atoms with Gasteiger partial charge in [0.15, 0.2) is 6.61 Å². The third kappa shape index (κ3) is 3.43. The molecule has 3 rings (SSSR count). The zero-order valence-corrected chi connectivity index (χ0v) is 13.4. The summed E-state index contributed by atoms with van der Waals surface area (Å²) < 4.78 is 15.6. The maximum Gasteiger partial charge on any atom is 0.338 e. The van der Waals surface area contributed by atoms with E-state index < -0.39 is 5.97 Å². The second-order valence-electron chi connectivity index (χ2n) is 5.15. The normalized spacial score (nSPS) is 10.4. The highest BCUT2D eigenvalue weighted by molar-refractivity contribution is 5.89. The molecular formula is C18H16N2O4. The third-order valence-electron chi connectivity index (χ3n) is 3.43. The van der Waals surface area contributed by atoms with Crippen LogP contribution in [0.2, 0.25) is 0 Å². The van der Waals surface area contributed by atoms with Crippen molar-refractivity contribution in [2.45, 2.75) is 13.5 Å². The lowest BCUT2D eigenvalue weighted by Crippen LogP contribution is -2.05. The lowest BCUT2D eigenvalue weighted by molar-refractivity contribution is 0.0430. The van der Waals surface area contributed by atoms with E-state index in [1.54, 1.807) is 19.2 Å². The Morgan fingerprint density at radius 3 is 2.62 bits per heavy atom. The number of methoxy groups -OCH3 is 1. The largest absolute Gasteiger partial charge is 0.496 e. The van der Waals surface area contributed by atoms with Gasteiger partial charge in [-0.05, 0) is 31.2 Å². The SMILES string of the molecule is COc1ccccc1-c1noc(COC(=O)c2ccc(C)cc2)n1. The van der Waals surface area contributed by atoms with Crippen LogP contribution in [0.15, 0.2) is 53.1 Å². The van der Waals surface area contributed by atoms with Crippen molar-refractivity contribution in [1.82, 2.24) is 10.1 Å². The summed E-state index contributed by atoms with van der Waals surface area (Å²) in [6.45, 7) is 1.86. The number of carbonyl (C=O) groups excluding carboxylic acids is 1. The van der Waals surface area contributed by atoms with Gasteiger partial charge < -0.3 is 14.0 Å². The summed E-state index contributed by atoms with van der Waals surface area (Å²) in [7, 11) is 1.57. The van der Waals surface area contributed by atoms with Crippen molar-refractivity contribution in [1.29, 1.82) is 0 Å². The Balaban J connectivity index is 1.68. The molecule has 0 unspecified atom stereocenters. The van der Waals surface area contributed by atoms with Crippen molar-refractivity contribution in [2.75, 3.05) is 7.11 Å². The number of hydrogen-bond donors (Lipinski definition) is 0. The van der Waals surface area contributed by atoms with Crippen molar-refractivity contribution < 1.29 is 18.8 Å². The van der Waals surface area contributed by atoms with Crippen LogP contribution in [-0.4, -0.2) is 23.2 Å². The number of hydrogen-bond acceptors (Lipinski definition) is 6. The van der Waals surface area contributed by atoms with E-state index >= 15 is 0 Å². The Morgan fingerprint density at radius 2 is 1.88 bits per heavy atom. The molecule has 0 fully saturated rings. The Morgan fingerprint density at radius 1 is 1.12 bits per heavy atom. The Hall–Kier alpha value is -3.15. The first-order valence-corrected chi connectivity index (χ1v) is 7.37. The summed E-state index contributed by atoms with van der Waals surface area (Å²) in [5.74, 6) is 0.804. The third-order valence-corrected chi connectivity index (χ3v) is 3.43. The smallest absolute Gasteiger partial charge is 0.338 e. The maximum atomic E-state index is 12.0.